The Morgan fingerprint density at radius 2 is 1.69 bits per heavy atom. The van der Waals surface area contributed by atoms with E-state index in [1.165, 1.54) is 16.7 Å². The van der Waals surface area contributed by atoms with Gasteiger partial charge in [-0.25, -0.2) is 0 Å². The Kier molecular flexibility index (Phi) is 11.8. The van der Waals surface area contributed by atoms with Crippen molar-refractivity contribution < 1.29 is 19.5 Å². The van der Waals surface area contributed by atoms with Crippen LogP contribution in [-0.2, 0) is 27.3 Å². The van der Waals surface area contributed by atoms with Crippen molar-refractivity contribution >= 4 is 29.5 Å². The summed E-state index contributed by atoms with van der Waals surface area (Å²) >= 11 is 1.48. The lowest BCUT2D eigenvalue weighted by Crippen LogP contribution is -2.55. The maximum atomic E-state index is 13.3. The third-order valence-electron chi connectivity index (χ3n) is 5.41. The monoisotopic (exact) mass is 500 g/mol. The van der Waals surface area contributed by atoms with E-state index in [1.807, 2.05) is 75.4 Å². The van der Waals surface area contributed by atoms with Crippen molar-refractivity contribution in [3.05, 3.63) is 71.3 Å². The van der Waals surface area contributed by atoms with Crippen LogP contribution in [0.4, 0.5) is 0 Å². The van der Waals surface area contributed by atoms with Crippen molar-refractivity contribution in [2.75, 3.05) is 19.0 Å². The van der Waals surface area contributed by atoms with E-state index in [-0.39, 0.29) is 36.5 Å². The molecule has 0 unspecified atom stereocenters. The number of aliphatic hydroxyl groups is 1. The summed E-state index contributed by atoms with van der Waals surface area (Å²) < 4.78 is 0. The molecule has 0 bridgehead atoms. The van der Waals surface area contributed by atoms with Gasteiger partial charge in [0.05, 0.1) is 18.5 Å². The molecule has 2 rings (SSSR count). The molecule has 2 aromatic carbocycles. The van der Waals surface area contributed by atoms with Crippen LogP contribution in [0.15, 0.2) is 54.6 Å². The zero-order valence-electron chi connectivity index (χ0n) is 20.6. The number of thioether (sulfide) groups is 1. The minimum Gasteiger partial charge on any atom is -0.381 e. The largest absolute Gasteiger partial charge is 0.381 e. The lowest BCUT2D eigenvalue weighted by atomic mass is 10.00. The first-order chi connectivity index (χ1) is 16.7. The van der Waals surface area contributed by atoms with Gasteiger partial charge in [-0.05, 0) is 30.0 Å². The van der Waals surface area contributed by atoms with Gasteiger partial charge in [0.15, 0.2) is 6.10 Å². The SMILES string of the molecule is Cc1ccccc1CNC(=O)CN(CSC(C)C)C(=O)[C@@H](O)[C@H](Cc1ccccc1)NC(=O)CN. The molecule has 0 aliphatic rings. The number of aryl methyl sites for hydroxylation is 1. The number of hydrogen-bond donors (Lipinski definition) is 4. The van der Waals surface area contributed by atoms with Gasteiger partial charge in [-0.15, -0.1) is 11.8 Å². The molecule has 0 fully saturated rings. The normalized spacial score (nSPS) is 12.6. The van der Waals surface area contributed by atoms with E-state index >= 15 is 0 Å². The average Bonchev–Trinajstić information content (AvgIpc) is 2.85. The number of nitrogens with two attached hydrogens (primary N) is 1. The second kappa shape index (κ2) is 14.5. The van der Waals surface area contributed by atoms with Crippen LogP contribution >= 0.6 is 11.8 Å². The summed E-state index contributed by atoms with van der Waals surface area (Å²) in [6.07, 6.45) is -1.30. The molecule has 9 heteroatoms. The standard InChI is InChI=1S/C26H36N4O4S/c1-18(2)35-17-30(16-24(32)28-15-21-12-8-7-9-19(21)3)26(34)25(33)22(29-23(31)14-27)13-20-10-5-4-6-11-20/h4-12,18,22,25,33H,13-17,27H2,1-3H3,(H,28,32)(H,29,31)/t22-,25-/m0/s1. The Morgan fingerprint density at radius 3 is 2.31 bits per heavy atom. The summed E-state index contributed by atoms with van der Waals surface area (Å²) in [7, 11) is 0. The Balaban J connectivity index is 2.13. The molecule has 0 aliphatic carbocycles. The summed E-state index contributed by atoms with van der Waals surface area (Å²) in [5.74, 6) is -1.20. The fraction of sp³-hybridized carbons (Fsp3) is 0.423. The summed E-state index contributed by atoms with van der Waals surface area (Å²) in [4.78, 5) is 39.4. The van der Waals surface area contributed by atoms with E-state index in [9.17, 15) is 19.5 Å². The summed E-state index contributed by atoms with van der Waals surface area (Å²) in [6, 6.07) is 16.1. The van der Waals surface area contributed by atoms with Gasteiger partial charge in [0.2, 0.25) is 11.8 Å². The number of amides is 3. The summed E-state index contributed by atoms with van der Waals surface area (Å²) in [5, 5.41) is 16.7. The molecule has 8 nitrogen and oxygen atoms in total. The topological polar surface area (TPSA) is 125 Å². The van der Waals surface area contributed by atoms with E-state index < -0.39 is 24.0 Å². The first kappa shape index (κ1) is 28.4. The van der Waals surface area contributed by atoms with Crippen LogP contribution < -0.4 is 16.4 Å². The first-order valence-electron chi connectivity index (χ1n) is 11.6. The molecule has 0 radical (unpaired) electrons. The molecule has 5 N–H and O–H groups in total. The van der Waals surface area contributed by atoms with Crippen molar-refractivity contribution in [1.29, 1.82) is 0 Å². The van der Waals surface area contributed by atoms with Crippen molar-refractivity contribution in [2.45, 2.75) is 51.1 Å². The number of carbonyl (C=O) groups is 3. The van der Waals surface area contributed by atoms with Crippen LogP contribution in [0.5, 0.6) is 0 Å². The molecule has 0 heterocycles. The van der Waals surface area contributed by atoms with Gasteiger partial charge in [-0.1, -0.05) is 68.4 Å². The number of aliphatic hydroxyl groups excluding tert-OH is 1. The van der Waals surface area contributed by atoms with Gasteiger partial charge in [0.1, 0.15) is 6.54 Å². The van der Waals surface area contributed by atoms with Crippen LogP contribution in [0.1, 0.15) is 30.5 Å². The highest BCUT2D eigenvalue weighted by atomic mass is 32.2. The fourth-order valence-electron chi connectivity index (χ4n) is 3.39. The summed E-state index contributed by atoms with van der Waals surface area (Å²) in [6.45, 7) is 5.82. The van der Waals surface area contributed by atoms with Gasteiger partial charge in [0, 0.05) is 11.8 Å². The van der Waals surface area contributed by atoms with Crippen molar-refractivity contribution in [1.82, 2.24) is 15.5 Å². The lowest BCUT2D eigenvalue weighted by Gasteiger charge is -2.29. The van der Waals surface area contributed by atoms with Crippen LogP contribution in [-0.4, -0.2) is 64.1 Å². The average molecular weight is 501 g/mol. The molecular weight excluding hydrogens is 464 g/mol. The number of rotatable bonds is 13. The zero-order valence-corrected chi connectivity index (χ0v) is 21.4. The number of nitrogens with one attached hydrogen (secondary N) is 2. The molecule has 190 valence electrons. The van der Waals surface area contributed by atoms with Gasteiger partial charge in [0.25, 0.3) is 5.91 Å². The van der Waals surface area contributed by atoms with E-state index in [1.54, 1.807) is 0 Å². The highest BCUT2D eigenvalue weighted by Gasteiger charge is 2.32. The predicted octanol–water partition coefficient (Wildman–Crippen LogP) is 1.59. The third kappa shape index (κ3) is 9.71. The van der Waals surface area contributed by atoms with Gasteiger partial charge < -0.3 is 26.4 Å². The van der Waals surface area contributed by atoms with Gasteiger partial charge in [-0.3, -0.25) is 14.4 Å². The number of nitrogens with zero attached hydrogens (tertiary/aromatic N) is 1. The van der Waals surface area contributed by atoms with Crippen LogP contribution in [0.3, 0.4) is 0 Å². The predicted molar refractivity (Wildman–Crippen MR) is 139 cm³/mol. The maximum Gasteiger partial charge on any atom is 0.254 e. The molecule has 2 aromatic rings. The van der Waals surface area contributed by atoms with Crippen molar-refractivity contribution in [3.63, 3.8) is 0 Å². The first-order valence-corrected chi connectivity index (χ1v) is 12.7. The quantitative estimate of drug-likeness (QED) is 0.310. The molecular formula is C26H36N4O4S. The minimum absolute atomic E-state index is 0.204. The fourth-order valence-corrected chi connectivity index (χ4v) is 4.09. The van der Waals surface area contributed by atoms with Crippen molar-refractivity contribution in [2.24, 2.45) is 5.73 Å². The Morgan fingerprint density at radius 1 is 1.03 bits per heavy atom. The molecule has 0 aliphatic heterocycles. The lowest BCUT2D eigenvalue weighted by molar-refractivity contribution is -0.144. The Bertz CT molecular complexity index is 971. The second-order valence-electron chi connectivity index (χ2n) is 8.60. The second-order valence-corrected chi connectivity index (χ2v) is 10.1. The zero-order chi connectivity index (χ0) is 25.8. The molecule has 3 amide bonds. The van der Waals surface area contributed by atoms with Crippen LogP contribution in [0.25, 0.3) is 0 Å². The van der Waals surface area contributed by atoms with E-state index in [0.29, 0.717) is 6.54 Å². The third-order valence-corrected chi connectivity index (χ3v) is 6.54. The van der Waals surface area contributed by atoms with Crippen LogP contribution in [0.2, 0.25) is 0 Å². The van der Waals surface area contributed by atoms with E-state index in [2.05, 4.69) is 10.6 Å². The Hall–Kier alpha value is -2.88. The smallest absolute Gasteiger partial charge is 0.254 e. The van der Waals surface area contributed by atoms with Gasteiger partial charge >= 0.3 is 0 Å². The molecule has 0 saturated carbocycles. The minimum atomic E-state index is -1.54. The molecule has 0 saturated heterocycles. The molecule has 0 spiro atoms. The summed E-state index contributed by atoms with van der Waals surface area (Å²) in [5.41, 5.74) is 8.34. The van der Waals surface area contributed by atoms with Gasteiger partial charge in [-0.2, -0.15) is 0 Å². The van der Waals surface area contributed by atoms with E-state index in [0.717, 1.165) is 16.7 Å². The number of hydrogen-bond acceptors (Lipinski definition) is 6. The van der Waals surface area contributed by atoms with Crippen LogP contribution in [0, 0.1) is 6.92 Å². The molecule has 0 aromatic heterocycles. The van der Waals surface area contributed by atoms with Crippen molar-refractivity contribution in [3.8, 4) is 0 Å². The Labute approximate surface area is 211 Å². The number of carbonyl (C=O) groups excluding carboxylic acids is 3. The van der Waals surface area contributed by atoms with E-state index in [4.69, 9.17) is 5.73 Å². The molecule has 35 heavy (non-hydrogen) atoms. The highest BCUT2D eigenvalue weighted by Crippen LogP contribution is 2.15. The molecule has 2 atom stereocenters. The number of benzene rings is 2. The highest BCUT2D eigenvalue weighted by molar-refractivity contribution is 7.99. The maximum absolute atomic E-state index is 13.3.